The molecule has 1 aromatic carbocycles. The fourth-order valence-corrected chi connectivity index (χ4v) is 5.99. The fourth-order valence-electron chi connectivity index (χ4n) is 2.02. The van der Waals surface area contributed by atoms with Gasteiger partial charge < -0.3 is 0 Å². The molecule has 1 aromatic rings. The molecule has 1 aliphatic heterocycles. The van der Waals surface area contributed by atoms with Crippen molar-refractivity contribution in [1.29, 1.82) is 0 Å². The normalized spacial score (nSPS) is 25.1. The van der Waals surface area contributed by atoms with Crippen molar-refractivity contribution >= 4 is 35.1 Å². The molecular formula is C15H21ClS2. The Hall–Kier alpha value is 0.210. The molecule has 0 spiro atoms. The lowest BCUT2D eigenvalue weighted by atomic mass is 9.83. The first-order valence-corrected chi connectivity index (χ1v) is 8.90. The average molecular weight is 301 g/mol. The molecule has 0 radical (unpaired) electrons. The first kappa shape index (κ1) is 14.6. The van der Waals surface area contributed by atoms with Crippen molar-refractivity contribution < 1.29 is 0 Å². The summed E-state index contributed by atoms with van der Waals surface area (Å²) in [5, 5.41) is 0.853. The third kappa shape index (κ3) is 4.11. The largest absolute Gasteiger partial charge is 0.147 e. The third-order valence-electron chi connectivity index (χ3n) is 3.48. The van der Waals surface area contributed by atoms with E-state index in [1.807, 2.05) is 12.1 Å². The Balaban J connectivity index is 1.87. The van der Waals surface area contributed by atoms with Gasteiger partial charge in [0.15, 0.2) is 0 Å². The van der Waals surface area contributed by atoms with E-state index >= 15 is 0 Å². The first-order valence-electron chi connectivity index (χ1n) is 6.43. The van der Waals surface area contributed by atoms with Crippen LogP contribution in [-0.4, -0.2) is 16.1 Å². The van der Waals surface area contributed by atoms with Crippen LogP contribution in [0.15, 0.2) is 24.3 Å². The molecule has 3 heteroatoms. The predicted molar refractivity (Wildman–Crippen MR) is 86.8 cm³/mol. The van der Waals surface area contributed by atoms with E-state index in [0.29, 0.717) is 10.00 Å². The van der Waals surface area contributed by atoms with Gasteiger partial charge in [-0.05, 0) is 47.0 Å². The number of halogens is 1. The number of hydrogen-bond donors (Lipinski definition) is 0. The van der Waals surface area contributed by atoms with Crippen molar-refractivity contribution in [3.8, 4) is 0 Å². The molecule has 0 aliphatic carbocycles. The second-order valence-electron chi connectivity index (χ2n) is 5.99. The highest BCUT2D eigenvalue weighted by atomic mass is 35.5. The Morgan fingerprint density at radius 3 is 2.44 bits per heavy atom. The Labute approximate surface area is 124 Å². The van der Waals surface area contributed by atoms with Crippen molar-refractivity contribution in [2.45, 2.75) is 31.8 Å². The molecule has 0 amide bonds. The molecule has 0 unspecified atom stereocenters. The van der Waals surface area contributed by atoms with E-state index in [9.17, 15) is 0 Å². The maximum absolute atomic E-state index is 6.03. The first-order chi connectivity index (χ1) is 8.45. The maximum Gasteiger partial charge on any atom is 0.0542 e. The van der Waals surface area contributed by atoms with Gasteiger partial charge in [-0.15, -0.1) is 23.5 Å². The molecule has 2 rings (SSSR count). The van der Waals surface area contributed by atoms with E-state index in [1.54, 1.807) is 0 Å². The zero-order chi connectivity index (χ0) is 13.2. The predicted octanol–water partition coefficient (Wildman–Crippen LogP) is 5.35. The second-order valence-corrected chi connectivity index (χ2v) is 9.20. The minimum absolute atomic E-state index is 0.445. The Morgan fingerprint density at radius 2 is 1.89 bits per heavy atom. The highest BCUT2D eigenvalue weighted by molar-refractivity contribution is 8.17. The van der Waals surface area contributed by atoms with Crippen LogP contribution in [-0.2, 0) is 6.42 Å². The van der Waals surface area contributed by atoms with Gasteiger partial charge in [-0.25, -0.2) is 0 Å². The molecule has 18 heavy (non-hydrogen) atoms. The van der Waals surface area contributed by atoms with Gasteiger partial charge in [-0.1, -0.05) is 44.5 Å². The van der Waals surface area contributed by atoms with Crippen LogP contribution >= 0.6 is 35.1 Å². The summed E-state index contributed by atoms with van der Waals surface area (Å²) in [5.74, 6) is 3.42. The van der Waals surface area contributed by atoms with Crippen LogP contribution in [0.4, 0.5) is 0 Å². The summed E-state index contributed by atoms with van der Waals surface area (Å²) in [5.41, 5.74) is 1.81. The molecule has 100 valence electrons. The van der Waals surface area contributed by atoms with Crippen LogP contribution in [0.1, 0.15) is 26.3 Å². The summed E-state index contributed by atoms with van der Waals surface area (Å²) in [6.45, 7) is 7.07. The maximum atomic E-state index is 6.03. The van der Waals surface area contributed by atoms with Crippen LogP contribution in [0.25, 0.3) is 0 Å². The van der Waals surface area contributed by atoms with Gasteiger partial charge in [0.1, 0.15) is 0 Å². The molecule has 0 bridgehead atoms. The number of rotatable bonds is 2. The van der Waals surface area contributed by atoms with Crippen molar-refractivity contribution in [3.05, 3.63) is 34.9 Å². The van der Waals surface area contributed by atoms with Crippen LogP contribution in [0.5, 0.6) is 0 Å². The van der Waals surface area contributed by atoms with Crippen LogP contribution in [0.2, 0.25) is 5.02 Å². The van der Waals surface area contributed by atoms with E-state index in [4.69, 9.17) is 11.6 Å². The minimum atomic E-state index is 0.445. The third-order valence-corrected chi connectivity index (χ3v) is 6.80. The van der Waals surface area contributed by atoms with E-state index < -0.39 is 0 Å². The molecule has 1 heterocycles. The van der Waals surface area contributed by atoms with Gasteiger partial charge in [0, 0.05) is 5.02 Å². The summed E-state index contributed by atoms with van der Waals surface area (Å²) in [7, 11) is 0. The summed E-state index contributed by atoms with van der Waals surface area (Å²) < 4.78 is 0.696. The summed E-state index contributed by atoms with van der Waals surface area (Å²) in [6.07, 6.45) is 1.13. The van der Waals surface area contributed by atoms with E-state index in [1.165, 1.54) is 17.1 Å². The molecule has 1 aliphatic rings. The van der Waals surface area contributed by atoms with Gasteiger partial charge in [0.05, 0.1) is 4.58 Å². The fraction of sp³-hybridized carbons (Fsp3) is 0.600. The van der Waals surface area contributed by atoms with Crippen molar-refractivity contribution in [2.24, 2.45) is 11.3 Å². The highest BCUT2D eigenvalue weighted by Crippen LogP contribution is 2.42. The molecule has 0 N–H and O–H groups in total. The molecule has 1 fully saturated rings. The zero-order valence-electron chi connectivity index (χ0n) is 11.3. The van der Waals surface area contributed by atoms with Crippen LogP contribution in [0.3, 0.4) is 0 Å². The lowest BCUT2D eigenvalue weighted by Gasteiger charge is -2.36. The molecule has 1 saturated heterocycles. The number of benzene rings is 1. The molecule has 0 saturated carbocycles. The molecule has 0 aromatic heterocycles. The van der Waals surface area contributed by atoms with Gasteiger partial charge in [0.2, 0.25) is 0 Å². The summed E-state index contributed by atoms with van der Waals surface area (Å²) >= 11 is 10.3. The Kier molecular flexibility index (Phi) is 4.96. The Bertz CT molecular complexity index is 390. The highest BCUT2D eigenvalue weighted by Gasteiger charge is 2.30. The van der Waals surface area contributed by atoms with Crippen molar-refractivity contribution in [2.75, 3.05) is 11.5 Å². The van der Waals surface area contributed by atoms with E-state index in [-0.39, 0.29) is 0 Å². The summed E-state index contributed by atoms with van der Waals surface area (Å²) in [4.78, 5) is 0. The quantitative estimate of drug-likeness (QED) is 0.722. The van der Waals surface area contributed by atoms with Crippen molar-refractivity contribution in [1.82, 2.24) is 0 Å². The van der Waals surface area contributed by atoms with Crippen molar-refractivity contribution in [3.63, 3.8) is 0 Å². The topological polar surface area (TPSA) is 0 Å². The van der Waals surface area contributed by atoms with Crippen LogP contribution in [0, 0.1) is 11.3 Å². The SMILES string of the molecule is CC(C)(C)C1CSC(Cc2cccc(Cl)c2)SC1. The lowest BCUT2D eigenvalue weighted by Crippen LogP contribution is -2.29. The Morgan fingerprint density at radius 1 is 1.22 bits per heavy atom. The van der Waals surface area contributed by atoms with Gasteiger partial charge >= 0.3 is 0 Å². The summed E-state index contributed by atoms with van der Waals surface area (Å²) in [6, 6.07) is 8.27. The standard InChI is InChI=1S/C15H21ClS2/c1-15(2,3)12-9-17-14(18-10-12)8-11-5-4-6-13(16)7-11/h4-7,12,14H,8-10H2,1-3H3. The van der Waals surface area contributed by atoms with Gasteiger partial charge in [-0.2, -0.15) is 0 Å². The molecule has 0 nitrogen and oxygen atoms in total. The minimum Gasteiger partial charge on any atom is -0.147 e. The van der Waals surface area contributed by atoms with Gasteiger partial charge in [0.25, 0.3) is 0 Å². The average Bonchev–Trinajstić information content (AvgIpc) is 2.28. The number of thioether (sulfide) groups is 2. The monoisotopic (exact) mass is 300 g/mol. The van der Waals surface area contributed by atoms with E-state index in [2.05, 4.69) is 56.4 Å². The second kappa shape index (κ2) is 6.11. The smallest absolute Gasteiger partial charge is 0.0542 e. The van der Waals surface area contributed by atoms with E-state index in [0.717, 1.165) is 17.4 Å². The number of hydrogen-bond acceptors (Lipinski definition) is 2. The van der Waals surface area contributed by atoms with Gasteiger partial charge in [-0.3, -0.25) is 0 Å². The van der Waals surface area contributed by atoms with Crippen LogP contribution < -0.4 is 0 Å². The lowest BCUT2D eigenvalue weighted by molar-refractivity contribution is 0.292. The zero-order valence-corrected chi connectivity index (χ0v) is 13.7. The molecular weight excluding hydrogens is 280 g/mol. The molecule has 0 atom stereocenters.